The Hall–Kier alpha value is -1.18. The number of carbonyl (C=O) groups is 2. The van der Waals surface area contributed by atoms with Crippen LogP contribution in [0.25, 0.3) is 0 Å². The number of halogens is 1. The normalized spacial score (nSPS) is 19.0. The third-order valence-corrected chi connectivity index (χ3v) is 3.67. The highest BCUT2D eigenvalue weighted by Gasteiger charge is 2.23. The highest BCUT2D eigenvalue weighted by Crippen LogP contribution is 2.10. The first kappa shape index (κ1) is 15.9. The van der Waals surface area contributed by atoms with Crippen molar-refractivity contribution in [3.8, 4) is 0 Å². The van der Waals surface area contributed by atoms with E-state index >= 15 is 0 Å². The number of carbonyl (C=O) groups excluding carboxylic acids is 2. The molecule has 0 bridgehead atoms. The van der Waals surface area contributed by atoms with Gasteiger partial charge in [0, 0.05) is 18.5 Å². The van der Waals surface area contributed by atoms with Gasteiger partial charge in [-0.1, -0.05) is 0 Å². The molecule has 1 saturated heterocycles. The molecule has 106 valence electrons. The lowest BCUT2D eigenvalue weighted by Crippen LogP contribution is -2.45. The summed E-state index contributed by atoms with van der Waals surface area (Å²) in [5.41, 5.74) is 5.77. The van der Waals surface area contributed by atoms with E-state index in [4.69, 9.17) is 5.73 Å². The van der Waals surface area contributed by atoms with Gasteiger partial charge in [0.1, 0.15) is 16.7 Å². The minimum absolute atomic E-state index is 0. The van der Waals surface area contributed by atoms with Gasteiger partial charge in [-0.2, -0.15) is 0 Å². The fourth-order valence-corrected chi connectivity index (χ4v) is 2.47. The number of amides is 2. The molecule has 2 amide bonds. The number of rotatable bonds is 3. The highest BCUT2D eigenvalue weighted by molar-refractivity contribution is 7.09. The van der Waals surface area contributed by atoms with Crippen molar-refractivity contribution >= 4 is 35.6 Å². The summed E-state index contributed by atoms with van der Waals surface area (Å²) in [5, 5.41) is 7.86. The van der Waals surface area contributed by atoms with Crippen molar-refractivity contribution in [3.05, 3.63) is 16.1 Å². The van der Waals surface area contributed by atoms with Crippen molar-refractivity contribution in [1.29, 1.82) is 0 Å². The Morgan fingerprint density at radius 1 is 1.58 bits per heavy atom. The summed E-state index contributed by atoms with van der Waals surface area (Å²) in [6.45, 7) is 1.00. The van der Waals surface area contributed by atoms with E-state index in [0.717, 1.165) is 12.8 Å². The second-order valence-corrected chi connectivity index (χ2v) is 5.09. The molecule has 4 N–H and O–H groups in total. The van der Waals surface area contributed by atoms with E-state index < -0.39 is 6.04 Å². The lowest BCUT2D eigenvalue weighted by molar-refractivity contribution is -0.122. The van der Waals surface area contributed by atoms with Gasteiger partial charge in [-0.15, -0.1) is 23.7 Å². The second kappa shape index (κ2) is 7.42. The van der Waals surface area contributed by atoms with Crippen LogP contribution in [0.15, 0.2) is 5.38 Å². The molecule has 8 heteroatoms. The number of hydrogen-bond acceptors (Lipinski definition) is 5. The van der Waals surface area contributed by atoms with Crippen LogP contribution in [0.1, 0.15) is 34.8 Å². The zero-order valence-corrected chi connectivity index (χ0v) is 12.0. The summed E-state index contributed by atoms with van der Waals surface area (Å²) in [7, 11) is 0. The Morgan fingerprint density at radius 3 is 3.05 bits per heavy atom. The van der Waals surface area contributed by atoms with Crippen LogP contribution in [0.4, 0.5) is 0 Å². The van der Waals surface area contributed by atoms with E-state index in [1.165, 1.54) is 11.3 Å². The molecule has 1 aliphatic rings. The largest absolute Gasteiger partial charge is 0.354 e. The first-order valence-corrected chi connectivity index (χ1v) is 6.81. The molecule has 1 atom stereocenters. The molecular formula is C11H17ClN4O2S. The molecule has 1 aliphatic heterocycles. The predicted octanol–water partition coefficient (Wildman–Crippen LogP) is 0.422. The molecule has 19 heavy (non-hydrogen) atoms. The van der Waals surface area contributed by atoms with E-state index in [2.05, 4.69) is 15.6 Å². The van der Waals surface area contributed by atoms with Gasteiger partial charge in [0.15, 0.2) is 0 Å². The van der Waals surface area contributed by atoms with Gasteiger partial charge in [-0.3, -0.25) is 9.59 Å². The molecule has 1 aromatic rings. The van der Waals surface area contributed by atoms with Crippen LogP contribution in [0, 0.1) is 0 Å². The van der Waals surface area contributed by atoms with E-state index in [1.54, 1.807) is 5.38 Å². The molecule has 1 fully saturated rings. The molecule has 6 nitrogen and oxygen atoms in total. The average Bonchev–Trinajstić information content (AvgIpc) is 2.77. The average molecular weight is 305 g/mol. The Kier molecular flexibility index (Phi) is 6.20. The molecule has 1 aromatic heterocycles. The van der Waals surface area contributed by atoms with E-state index in [0.29, 0.717) is 30.2 Å². The first-order chi connectivity index (χ1) is 8.70. The van der Waals surface area contributed by atoms with Crippen molar-refractivity contribution < 1.29 is 9.59 Å². The van der Waals surface area contributed by atoms with E-state index in [1.807, 2.05) is 0 Å². The van der Waals surface area contributed by atoms with Crippen LogP contribution in [-0.4, -0.2) is 29.4 Å². The zero-order chi connectivity index (χ0) is 13.0. The van der Waals surface area contributed by atoms with Crippen molar-refractivity contribution in [2.45, 2.75) is 31.8 Å². The van der Waals surface area contributed by atoms with Crippen molar-refractivity contribution in [2.24, 2.45) is 5.73 Å². The van der Waals surface area contributed by atoms with Crippen LogP contribution in [0.2, 0.25) is 0 Å². The molecule has 1 unspecified atom stereocenters. The Balaban J connectivity index is 0.00000180. The molecule has 0 aliphatic carbocycles. The van der Waals surface area contributed by atoms with Gasteiger partial charge in [0.25, 0.3) is 5.91 Å². The second-order valence-electron chi connectivity index (χ2n) is 4.14. The van der Waals surface area contributed by atoms with Gasteiger partial charge in [0.2, 0.25) is 5.91 Å². The van der Waals surface area contributed by atoms with Crippen LogP contribution in [0.3, 0.4) is 0 Å². The molecule has 0 spiro atoms. The Bertz CT molecular complexity index is 452. The van der Waals surface area contributed by atoms with E-state index in [9.17, 15) is 9.59 Å². The maximum Gasteiger partial charge on any atom is 0.271 e. The van der Waals surface area contributed by atoms with Crippen LogP contribution >= 0.6 is 23.7 Å². The van der Waals surface area contributed by atoms with Crippen molar-refractivity contribution in [3.63, 3.8) is 0 Å². The highest BCUT2D eigenvalue weighted by atomic mass is 35.5. The first-order valence-electron chi connectivity index (χ1n) is 5.93. The number of hydrogen-bond donors (Lipinski definition) is 3. The van der Waals surface area contributed by atoms with Crippen LogP contribution < -0.4 is 16.4 Å². The van der Waals surface area contributed by atoms with Gasteiger partial charge < -0.3 is 16.4 Å². The molecule has 0 radical (unpaired) electrons. The fraction of sp³-hybridized carbons (Fsp3) is 0.545. The summed E-state index contributed by atoms with van der Waals surface area (Å²) in [4.78, 5) is 27.7. The Morgan fingerprint density at radius 2 is 2.37 bits per heavy atom. The summed E-state index contributed by atoms with van der Waals surface area (Å²) in [6, 6.07) is -0.456. The van der Waals surface area contributed by atoms with Crippen molar-refractivity contribution in [1.82, 2.24) is 15.6 Å². The maximum absolute atomic E-state index is 11.9. The van der Waals surface area contributed by atoms with Crippen LogP contribution in [-0.2, 0) is 11.3 Å². The van der Waals surface area contributed by atoms with Crippen LogP contribution in [0.5, 0.6) is 0 Å². The molecule has 0 aromatic carbocycles. The molecular weight excluding hydrogens is 288 g/mol. The lowest BCUT2D eigenvalue weighted by Gasteiger charge is -2.14. The van der Waals surface area contributed by atoms with Gasteiger partial charge in [-0.25, -0.2) is 4.98 Å². The molecule has 2 heterocycles. The number of aromatic nitrogens is 1. The summed E-state index contributed by atoms with van der Waals surface area (Å²) in [6.07, 6.45) is 2.55. The lowest BCUT2D eigenvalue weighted by atomic mass is 10.1. The number of nitrogens with zero attached hydrogens (tertiary/aromatic N) is 1. The number of nitrogens with two attached hydrogens (primary N) is 1. The Labute approximate surface area is 121 Å². The SMILES string of the molecule is Cl.NCc1nc(C(=O)NC2CCCCNC2=O)cs1. The van der Waals surface area contributed by atoms with Gasteiger partial charge in [-0.05, 0) is 19.3 Å². The minimum atomic E-state index is -0.456. The minimum Gasteiger partial charge on any atom is -0.354 e. The van der Waals surface area contributed by atoms with Gasteiger partial charge in [0.05, 0.1) is 0 Å². The summed E-state index contributed by atoms with van der Waals surface area (Å²) < 4.78 is 0. The van der Waals surface area contributed by atoms with E-state index in [-0.39, 0.29) is 24.2 Å². The standard InChI is InChI=1S/C11H16N4O2S.ClH/c12-5-9-14-8(6-18-9)11(17)15-7-3-1-2-4-13-10(7)16;/h6-7H,1-5,12H2,(H,13,16)(H,15,17);1H. The molecule has 2 rings (SSSR count). The quantitative estimate of drug-likeness (QED) is 0.754. The zero-order valence-electron chi connectivity index (χ0n) is 10.3. The van der Waals surface area contributed by atoms with Gasteiger partial charge >= 0.3 is 0 Å². The number of nitrogens with one attached hydrogen (secondary N) is 2. The topological polar surface area (TPSA) is 97.1 Å². The molecule has 0 saturated carbocycles. The monoisotopic (exact) mass is 304 g/mol. The summed E-state index contributed by atoms with van der Waals surface area (Å²) >= 11 is 1.35. The fourth-order valence-electron chi connectivity index (χ4n) is 1.82. The smallest absolute Gasteiger partial charge is 0.271 e. The maximum atomic E-state index is 11.9. The third-order valence-electron chi connectivity index (χ3n) is 2.80. The predicted molar refractivity (Wildman–Crippen MR) is 75.4 cm³/mol. The number of thiazole rings is 1. The summed E-state index contributed by atoms with van der Waals surface area (Å²) in [5.74, 6) is -0.428. The third kappa shape index (κ3) is 4.15. The van der Waals surface area contributed by atoms with Crippen molar-refractivity contribution in [2.75, 3.05) is 6.54 Å².